The van der Waals surface area contributed by atoms with Gasteiger partial charge in [-0.15, -0.1) is 0 Å². The second-order valence-electron chi connectivity index (χ2n) is 18.0. The van der Waals surface area contributed by atoms with Gasteiger partial charge in [0.25, 0.3) is 23.6 Å². The van der Waals surface area contributed by atoms with Crippen LogP contribution in [0.2, 0.25) is 0 Å². The lowest BCUT2D eigenvalue weighted by atomic mass is 9.80. The van der Waals surface area contributed by atoms with Crippen molar-refractivity contribution in [3.05, 3.63) is 107 Å². The summed E-state index contributed by atoms with van der Waals surface area (Å²) in [5.41, 5.74) is 1.61. The standard InChI is InChI=1S/C54H48N2O10/c57-51-39-19-17-37-48-44-30-42-46-40(52(58)56(54(42)60)32-11-5-2-6-12-32)20-18-38(50(46)48)47-43(29-41(45(39)49(37)47)53(59)55(51)31-9-3-1-4-10-31)65-35-15-7-13-33(27-35)63-25-23-61-21-22-62-24-26-64-34-14-8-16-36(28-34)66-44/h7-8,13-20,27-32H,1-6,9-12,21-26H2. The third-order valence-corrected chi connectivity index (χ3v) is 14.1. The molecule has 10 bridgehead atoms. The minimum atomic E-state index is -0.355. The lowest BCUT2D eigenvalue weighted by Crippen LogP contribution is -2.48. The Bertz CT molecular complexity index is 2920. The molecular weight excluding hydrogens is 837 g/mol. The minimum absolute atomic E-state index is 0.210. The molecule has 0 saturated heterocycles. The maximum absolute atomic E-state index is 15.0. The molecule has 334 valence electrons. The molecule has 7 aromatic carbocycles. The van der Waals surface area contributed by atoms with Crippen LogP contribution in [0.3, 0.4) is 0 Å². The summed E-state index contributed by atoms with van der Waals surface area (Å²) in [6.45, 7) is 2.06. The summed E-state index contributed by atoms with van der Waals surface area (Å²) in [5.74, 6) is 1.50. The van der Waals surface area contributed by atoms with E-state index in [2.05, 4.69) is 0 Å². The van der Waals surface area contributed by atoms with Crippen LogP contribution in [0.1, 0.15) is 106 Å². The fourth-order valence-corrected chi connectivity index (χ4v) is 11.2. The maximum atomic E-state index is 15.0. The topological polar surface area (TPSA) is 130 Å². The molecule has 4 heterocycles. The number of ether oxygens (including phenoxy) is 6. The van der Waals surface area contributed by atoms with Crippen molar-refractivity contribution >= 4 is 66.7 Å². The van der Waals surface area contributed by atoms with Crippen molar-refractivity contribution in [1.82, 2.24) is 9.80 Å². The number of imide groups is 2. The third-order valence-electron chi connectivity index (χ3n) is 14.1. The first kappa shape index (κ1) is 40.7. The monoisotopic (exact) mass is 884 g/mol. The number of amides is 4. The average Bonchev–Trinajstić information content (AvgIpc) is 3.34. The molecular formula is C54H48N2O10. The second-order valence-corrected chi connectivity index (χ2v) is 18.0. The normalized spacial score (nSPS) is 19.2. The van der Waals surface area contributed by atoms with Gasteiger partial charge in [-0.05, 0) is 85.0 Å². The minimum Gasteiger partial charge on any atom is -0.491 e. The van der Waals surface area contributed by atoms with E-state index in [0.29, 0.717) is 139 Å². The van der Waals surface area contributed by atoms with Gasteiger partial charge in [-0.25, -0.2) is 0 Å². The van der Waals surface area contributed by atoms with E-state index in [-0.39, 0.29) is 35.7 Å². The smallest absolute Gasteiger partial charge is 0.261 e. The van der Waals surface area contributed by atoms with Gasteiger partial charge in [0, 0.05) is 67.7 Å². The number of benzene rings is 7. The molecule has 0 atom stereocenters. The molecule has 0 radical (unpaired) electrons. The molecule has 0 aromatic heterocycles. The van der Waals surface area contributed by atoms with Crippen molar-refractivity contribution in [3.63, 3.8) is 0 Å². The molecule has 12 heteroatoms. The van der Waals surface area contributed by atoms with Crippen molar-refractivity contribution in [2.75, 3.05) is 39.6 Å². The van der Waals surface area contributed by atoms with Crippen LogP contribution in [0.15, 0.2) is 84.9 Å². The van der Waals surface area contributed by atoms with Crippen LogP contribution in [-0.4, -0.2) is 85.2 Å². The van der Waals surface area contributed by atoms with Crippen LogP contribution in [0.5, 0.6) is 34.5 Å². The van der Waals surface area contributed by atoms with Crippen molar-refractivity contribution in [2.24, 2.45) is 0 Å². The molecule has 0 unspecified atom stereocenters. The lowest BCUT2D eigenvalue weighted by Gasteiger charge is -2.37. The van der Waals surface area contributed by atoms with E-state index in [1.165, 1.54) is 9.80 Å². The Morgan fingerprint density at radius 2 is 0.773 bits per heavy atom. The van der Waals surface area contributed by atoms with Crippen molar-refractivity contribution < 1.29 is 47.6 Å². The van der Waals surface area contributed by atoms with Gasteiger partial charge in [0.2, 0.25) is 0 Å². The molecule has 4 aliphatic heterocycles. The van der Waals surface area contributed by atoms with E-state index in [1.807, 2.05) is 60.7 Å². The Morgan fingerprint density at radius 1 is 0.379 bits per heavy atom. The highest BCUT2D eigenvalue weighted by Gasteiger charge is 2.42. The van der Waals surface area contributed by atoms with E-state index >= 15 is 0 Å². The largest absolute Gasteiger partial charge is 0.491 e. The number of hydrogen-bond acceptors (Lipinski definition) is 10. The zero-order valence-electron chi connectivity index (χ0n) is 36.5. The summed E-state index contributed by atoms with van der Waals surface area (Å²) in [4.78, 5) is 62.4. The number of carbonyl (C=O) groups is 4. The summed E-state index contributed by atoms with van der Waals surface area (Å²) in [6, 6.07) is 25.2. The average molecular weight is 885 g/mol. The maximum Gasteiger partial charge on any atom is 0.261 e. The Balaban J connectivity index is 1.15. The molecule has 2 saturated carbocycles. The molecule has 12 nitrogen and oxygen atoms in total. The van der Waals surface area contributed by atoms with Crippen molar-refractivity contribution in [1.29, 1.82) is 0 Å². The van der Waals surface area contributed by atoms with Gasteiger partial charge in [0.05, 0.1) is 37.6 Å². The molecule has 66 heavy (non-hydrogen) atoms. The first-order valence-corrected chi connectivity index (χ1v) is 23.4. The quantitative estimate of drug-likeness (QED) is 0.0716. The Labute approximate surface area is 380 Å². The van der Waals surface area contributed by atoms with E-state index in [4.69, 9.17) is 28.4 Å². The lowest BCUT2D eigenvalue weighted by molar-refractivity contribution is 0.0273. The predicted octanol–water partition coefficient (Wildman–Crippen LogP) is 11.0. The van der Waals surface area contributed by atoms with Gasteiger partial charge in [0.1, 0.15) is 47.7 Å². The molecule has 13 rings (SSSR count). The number of rotatable bonds is 2. The SMILES string of the molecule is O=C1c2ccc3c4c5cc6c7c(ccc(c8c(cc(c2c38)C(=O)N1C1CCCCC1)Oc1cccc(c1)OCCOCCOCCOc1cccc(c1)O5)c74)C(=O)N(C1CCCCC1)C6=O. The first-order chi connectivity index (χ1) is 32.4. The van der Waals surface area contributed by atoms with Gasteiger partial charge in [0.15, 0.2) is 0 Å². The summed E-state index contributed by atoms with van der Waals surface area (Å²) in [6.07, 6.45) is 8.94. The predicted molar refractivity (Wildman–Crippen MR) is 248 cm³/mol. The first-order valence-electron chi connectivity index (χ1n) is 23.4. The number of carbonyl (C=O) groups excluding carboxylic acids is 4. The van der Waals surface area contributed by atoms with Crippen LogP contribution in [0, 0.1) is 0 Å². The zero-order valence-corrected chi connectivity index (χ0v) is 36.5. The van der Waals surface area contributed by atoms with Crippen LogP contribution in [0.4, 0.5) is 0 Å². The van der Waals surface area contributed by atoms with Gasteiger partial charge in [-0.3, -0.25) is 29.0 Å². The second kappa shape index (κ2) is 16.6. The summed E-state index contributed by atoms with van der Waals surface area (Å²) in [5, 5.41) is 5.01. The molecule has 4 amide bonds. The Hall–Kier alpha value is -6.76. The van der Waals surface area contributed by atoms with Gasteiger partial charge in [-0.1, -0.05) is 62.8 Å². The Morgan fingerprint density at radius 3 is 1.21 bits per heavy atom. The molecule has 2 fully saturated rings. The highest BCUT2D eigenvalue weighted by molar-refractivity contribution is 6.43. The number of nitrogens with zero attached hydrogens (tertiary/aromatic N) is 2. The van der Waals surface area contributed by atoms with Crippen LogP contribution in [-0.2, 0) is 9.47 Å². The molecule has 0 spiro atoms. The van der Waals surface area contributed by atoms with Gasteiger partial charge in [-0.2, -0.15) is 0 Å². The van der Waals surface area contributed by atoms with Gasteiger partial charge >= 0.3 is 0 Å². The van der Waals surface area contributed by atoms with Crippen LogP contribution in [0.25, 0.3) is 43.1 Å². The van der Waals surface area contributed by atoms with Crippen LogP contribution < -0.4 is 18.9 Å². The summed E-state index contributed by atoms with van der Waals surface area (Å²) in [7, 11) is 0. The van der Waals surface area contributed by atoms with E-state index in [0.717, 1.165) is 64.2 Å². The van der Waals surface area contributed by atoms with Crippen LogP contribution >= 0.6 is 0 Å². The molecule has 6 aliphatic rings. The van der Waals surface area contributed by atoms with E-state index in [9.17, 15) is 19.2 Å². The van der Waals surface area contributed by atoms with Crippen molar-refractivity contribution in [2.45, 2.75) is 76.3 Å². The highest BCUT2D eigenvalue weighted by Crippen LogP contribution is 2.53. The third kappa shape index (κ3) is 6.71. The number of fused-ring (bicyclic) bond motifs is 9. The Kier molecular flexibility index (Phi) is 10.2. The van der Waals surface area contributed by atoms with E-state index in [1.54, 1.807) is 24.3 Å². The fraction of sp³-hybridized carbons (Fsp3) is 0.333. The molecule has 0 N–H and O–H groups in total. The summed E-state index contributed by atoms with van der Waals surface area (Å²) < 4.78 is 37.6. The van der Waals surface area contributed by atoms with Gasteiger partial charge < -0.3 is 28.4 Å². The summed E-state index contributed by atoms with van der Waals surface area (Å²) >= 11 is 0. The molecule has 7 aromatic rings. The van der Waals surface area contributed by atoms with Crippen molar-refractivity contribution in [3.8, 4) is 34.5 Å². The number of hydrogen-bond donors (Lipinski definition) is 0. The highest BCUT2D eigenvalue weighted by atomic mass is 16.6. The molecule has 2 aliphatic carbocycles. The van der Waals surface area contributed by atoms with E-state index < -0.39 is 0 Å². The zero-order chi connectivity index (χ0) is 44.5. The fourth-order valence-electron chi connectivity index (χ4n) is 11.2.